The molecule has 0 aliphatic heterocycles. The molecule has 1 N–H and O–H groups in total. The summed E-state index contributed by atoms with van der Waals surface area (Å²) < 4.78 is 1.72. The molecule has 1 amide bonds. The molecule has 1 aliphatic carbocycles. The molecule has 2 aromatic heterocycles. The van der Waals surface area contributed by atoms with Crippen molar-refractivity contribution >= 4 is 34.3 Å². The molecule has 0 spiro atoms. The van der Waals surface area contributed by atoms with Crippen molar-refractivity contribution in [1.82, 2.24) is 19.4 Å². The smallest absolute Gasteiger partial charge is 0.265 e. The summed E-state index contributed by atoms with van der Waals surface area (Å²) >= 11 is 0. The highest BCUT2D eigenvalue weighted by Crippen LogP contribution is 2.31. The first-order valence-corrected chi connectivity index (χ1v) is 11.7. The number of benzene rings is 1. The number of hydrogen-bond acceptors (Lipinski definition) is 6. The number of nitrogens with zero attached hydrogens (tertiary/aromatic N) is 5. The van der Waals surface area contributed by atoms with Gasteiger partial charge in [-0.05, 0) is 57.0 Å². The third-order valence-corrected chi connectivity index (χ3v) is 6.35. The topological polar surface area (TPSA) is 83.4 Å². The molecule has 8 heteroatoms. The van der Waals surface area contributed by atoms with Gasteiger partial charge in [-0.3, -0.25) is 14.2 Å². The van der Waals surface area contributed by atoms with Crippen LogP contribution in [0.5, 0.6) is 0 Å². The second-order valence-corrected chi connectivity index (χ2v) is 8.69. The second kappa shape index (κ2) is 9.60. The Labute approximate surface area is 194 Å². The van der Waals surface area contributed by atoms with Crippen molar-refractivity contribution in [3.8, 4) is 0 Å². The van der Waals surface area contributed by atoms with Crippen LogP contribution >= 0.6 is 0 Å². The van der Waals surface area contributed by atoms with Crippen LogP contribution in [0.1, 0.15) is 55.9 Å². The lowest BCUT2D eigenvalue weighted by molar-refractivity contribution is 0.0825. The minimum absolute atomic E-state index is 0.0472. The van der Waals surface area contributed by atoms with Crippen molar-refractivity contribution in [2.75, 3.05) is 37.4 Å². The second-order valence-electron chi connectivity index (χ2n) is 8.69. The first kappa shape index (κ1) is 22.8. The molecule has 3 aromatic rings. The summed E-state index contributed by atoms with van der Waals surface area (Å²) in [5, 5.41) is 3.95. The zero-order chi connectivity index (χ0) is 23.5. The monoisotopic (exact) mass is 448 g/mol. The number of aromatic nitrogens is 3. The number of pyridine rings is 1. The molecule has 8 nitrogen and oxygen atoms in total. The number of rotatable bonds is 7. The Morgan fingerprint density at radius 2 is 1.79 bits per heavy atom. The molecule has 1 fully saturated rings. The molecule has 4 rings (SSSR count). The zero-order valence-corrected chi connectivity index (χ0v) is 19.8. The van der Waals surface area contributed by atoms with Gasteiger partial charge in [0, 0.05) is 56.2 Å². The molecule has 0 saturated heterocycles. The van der Waals surface area contributed by atoms with E-state index >= 15 is 0 Å². The van der Waals surface area contributed by atoms with Gasteiger partial charge in [-0.2, -0.15) is 4.98 Å². The number of amides is 1. The molecule has 1 aromatic carbocycles. The van der Waals surface area contributed by atoms with Crippen LogP contribution in [0.15, 0.2) is 41.3 Å². The van der Waals surface area contributed by atoms with E-state index in [0.29, 0.717) is 17.0 Å². The Hall–Kier alpha value is -3.42. The van der Waals surface area contributed by atoms with Crippen LogP contribution < -0.4 is 15.8 Å². The van der Waals surface area contributed by atoms with Crippen molar-refractivity contribution in [2.24, 2.45) is 0 Å². The Morgan fingerprint density at radius 3 is 2.39 bits per heavy atom. The number of hydrogen-bond donors (Lipinski definition) is 1. The number of nitrogens with one attached hydrogen (secondary N) is 1. The highest BCUT2D eigenvalue weighted by Gasteiger charge is 2.25. The van der Waals surface area contributed by atoms with Gasteiger partial charge in [-0.1, -0.05) is 12.8 Å². The fourth-order valence-corrected chi connectivity index (χ4v) is 4.55. The van der Waals surface area contributed by atoms with Crippen LogP contribution in [0.4, 0.5) is 17.3 Å². The molecule has 2 heterocycles. The quantitative estimate of drug-likeness (QED) is 0.583. The maximum Gasteiger partial charge on any atom is 0.265 e. The zero-order valence-electron chi connectivity index (χ0n) is 19.8. The number of anilines is 3. The lowest BCUT2D eigenvalue weighted by atomic mass is 10.1. The van der Waals surface area contributed by atoms with Crippen molar-refractivity contribution in [3.63, 3.8) is 0 Å². The Morgan fingerprint density at radius 1 is 1.12 bits per heavy atom. The van der Waals surface area contributed by atoms with E-state index in [4.69, 9.17) is 4.98 Å². The molecular formula is C25H32N6O2. The number of fused-ring (bicyclic) bond motifs is 1. The molecule has 33 heavy (non-hydrogen) atoms. The summed E-state index contributed by atoms with van der Waals surface area (Å²) in [5.74, 6) is 0.125. The van der Waals surface area contributed by atoms with Crippen LogP contribution in [-0.2, 0) is 0 Å². The Balaban J connectivity index is 1.73. The van der Waals surface area contributed by atoms with Crippen molar-refractivity contribution in [2.45, 2.75) is 45.6 Å². The summed E-state index contributed by atoms with van der Waals surface area (Å²) in [6.45, 7) is 6.18. The molecule has 0 bridgehead atoms. The van der Waals surface area contributed by atoms with E-state index < -0.39 is 0 Å². The lowest BCUT2D eigenvalue weighted by Crippen LogP contribution is -2.34. The fourth-order valence-electron chi connectivity index (χ4n) is 4.55. The van der Waals surface area contributed by atoms with Crippen LogP contribution in [0.2, 0.25) is 0 Å². The summed E-state index contributed by atoms with van der Waals surface area (Å²) in [6.07, 6.45) is 5.65. The van der Waals surface area contributed by atoms with Crippen molar-refractivity contribution in [3.05, 3.63) is 52.4 Å². The summed E-state index contributed by atoms with van der Waals surface area (Å²) in [7, 11) is 3.31. The van der Waals surface area contributed by atoms with E-state index in [1.165, 1.54) is 4.90 Å². The van der Waals surface area contributed by atoms with Crippen molar-refractivity contribution in [1.29, 1.82) is 0 Å². The summed E-state index contributed by atoms with van der Waals surface area (Å²) in [5.41, 5.74) is 2.49. The highest BCUT2D eigenvalue weighted by molar-refractivity contribution is 5.96. The van der Waals surface area contributed by atoms with Crippen LogP contribution in [0.25, 0.3) is 11.0 Å². The molecule has 0 atom stereocenters. The van der Waals surface area contributed by atoms with Gasteiger partial charge in [-0.15, -0.1) is 0 Å². The van der Waals surface area contributed by atoms with Gasteiger partial charge in [0.15, 0.2) is 0 Å². The number of carbonyl (C=O) groups is 1. The first-order valence-electron chi connectivity index (χ1n) is 11.7. The van der Waals surface area contributed by atoms with Gasteiger partial charge in [0.2, 0.25) is 5.95 Å². The first-order chi connectivity index (χ1) is 15.9. The molecule has 1 aliphatic rings. The van der Waals surface area contributed by atoms with Gasteiger partial charge in [0.1, 0.15) is 11.2 Å². The van der Waals surface area contributed by atoms with Gasteiger partial charge in [0.05, 0.1) is 0 Å². The maximum atomic E-state index is 13.4. The summed E-state index contributed by atoms with van der Waals surface area (Å²) in [4.78, 5) is 38.9. The average Bonchev–Trinajstić information content (AvgIpc) is 3.34. The molecular weight excluding hydrogens is 416 g/mol. The highest BCUT2D eigenvalue weighted by atomic mass is 16.2. The number of carbonyl (C=O) groups excluding carboxylic acids is 1. The standard InChI is InChI=1S/C25H32N6O2/c1-5-30(6-2)19-13-11-18(12-14-19)27-25-26-16-17-15-21(23(32)29(3)4)24(33)31(22(17)28-25)20-9-7-8-10-20/h11-16,20H,5-10H2,1-4H3,(H,26,27,28). The normalized spacial score (nSPS) is 13.9. The predicted molar refractivity (Wildman–Crippen MR) is 133 cm³/mol. The Kier molecular flexibility index (Phi) is 6.62. The van der Waals surface area contributed by atoms with Gasteiger partial charge in [0.25, 0.3) is 11.5 Å². The van der Waals surface area contributed by atoms with Gasteiger partial charge < -0.3 is 15.1 Å². The van der Waals surface area contributed by atoms with Gasteiger partial charge >= 0.3 is 0 Å². The molecule has 0 unspecified atom stereocenters. The van der Waals surface area contributed by atoms with Crippen LogP contribution in [-0.4, -0.2) is 52.5 Å². The summed E-state index contributed by atoms with van der Waals surface area (Å²) in [6, 6.07) is 9.82. The van der Waals surface area contributed by atoms with Gasteiger partial charge in [-0.25, -0.2) is 4.98 Å². The third kappa shape index (κ3) is 4.55. The minimum Gasteiger partial charge on any atom is -0.372 e. The van der Waals surface area contributed by atoms with Crippen LogP contribution in [0.3, 0.4) is 0 Å². The lowest BCUT2D eigenvalue weighted by Gasteiger charge is -2.21. The largest absolute Gasteiger partial charge is 0.372 e. The van der Waals surface area contributed by atoms with Crippen LogP contribution in [0, 0.1) is 0 Å². The van der Waals surface area contributed by atoms with E-state index in [2.05, 4.69) is 41.2 Å². The third-order valence-electron chi connectivity index (χ3n) is 6.35. The van der Waals surface area contributed by atoms with E-state index in [1.54, 1.807) is 30.9 Å². The van der Waals surface area contributed by atoms with E-state index in [9.17, 15) is 9.59 Å². The molecule has 0 radical (unpaired) electrons. The Bertz CT molecular complexity index is 1190. The fraction of sp³-hybridized carbons (Fsp3) is 0.440. The maximum absolute atomic E-state index is 13.4. The van der Waals surface area contributed by atoms with E-state index in [-0.39, 0.29) is 23.1 Å². The minimum atomic E-state index is -0.302. The average molecular weight is 449 g/mol. The predicted octanol–water partition coefficient (Wildman–Crippen LogP) is 4.20. The van der Waals surface area contributed by atoms with E-state index in [1.807, 2.05) is 12.1 Å². The molecule has 174 valence electrons. The molecule has 1 saturated carbocycles. The van der Waals surface area contributed by atoms with Crippen molar-refractivity contribution < 1.29 is 4.79 Å². The van der Waals surface area contributed by atoms with E-state index in [0.717, 1.165) is 50.1 Å². The SMILES string of the molecule is CCN(CC)c1ccc(Nc2ncc3cc(C(=O)N(C)C)c(=O)n(C4CCCC4)c3n2)cc1.